The van der Waals surface area contributed by atoms with Gasteiger partial charge in [0, 0.05) is 5.71 Å². The Kier molecular flexibility index (Phi) is 8.82. The van der Waals surface area contributed by atoms with Gasteiger partial charge < -0.3 is 9.47 Å². The summed E-state index contributed by atoms with van der Waals surface area (Å²) in [5, 5.41) is 4.05. The van der Waals surface area contributed by atoms with E-state index in [1.807, 2.05) is 39.8 Å². The lowest BCUT2D eigenvalue weighted by atomic mass is 9.99. The lowest BCUT2D eigenvalue weighted by Crippen LogP contribution is -2.30. The van der Waals surface area contributed by atoms with Gasteiger partial charge in [0.1, 0.15) is 5.75 Å². The number of hydrazone groups is 1. The van der Waals surface area contributed by atoms with Crippen LogP contribution in [0.3, 0.4) is 0 Å². The second kappa shape index (κ2) is 10.6. The van der Waals surface area contributed by atoms with Gasteiger partial charge in [-0.15, -0.1) is 0 Å². The van der Waals surface area contributed by atoms with Crippen LogP contribution < -0.4 is 10.2 Å². The van der Waals surface area contributed by atoms with Gasteiger partial charge in [0.25, 0.3) is 5.91 Å². The summed E-state index contributed by atoms with van der Waals surface area (Å²) < 4.78 is 10.7. The van der Waals surface area contributed by atoms with Crippen LogP contribution in [0.5, 0.6) is 5.75 Å². The van der Waals surface area contributed by atoms with Gasteiger partial charge in [-0.2, -0.15) is 5.10 Å². The van der Waals surface area contributed by atoms with E-state index < -0.39 is 5.92 Å². The third-order valence-corrected chi connectivity index (χ3v) is 3.96. The number of carbonyl (C=O) groups is 2. The molecular weight excluding hydrogens is 332 g/mol. The van der Waals surface area contributed by atoms with Crippen molar-refractivity contribution in [2.75, 3.05) is 13.2 Å². The van der Waals surface area contributed by atoms with Crippen molar-refractivity contribution in [2.24, 2.45) is 11.0 Å². The number of benzene rings is 1. The second-order valence-electron chi connectivity index (χ2n) is 6.40. The number of nitrogens with zero attached hydrogens (tertiary/aromatic N) is 1. The van der Waals surface area contributed by atoms with Crippen molar-refractivity contribution in [3.05, 3.63) is 28.8 Å². The molecule has 6 nitrogen and oxygen atoms in total. The van der Waals surface area contributed by atoms with Gasteiger partial charge in [0.2, 0.25) is 0 Å². The highest BCUT2D eigenvalue weighted by atomic mass is 16.5. The van der Waals surface area contributed by atoms with E-state index >= 15 is 0 Å². The molecule has 1 rings (SSSR count). The molecule has 0 radical (unpaired) electrons. The molecule has 0 bridgehead atoms. The molecule has 26 heavy (non-hydrogen) atoms. The summed E-state index contributed by atoms with van der Waals surface area (Å²) >= 11 is 0. The van der Waals surface area contributed by atoms with Crippen molar-refractivity contribution in [1.82, 2.24) is 5.43 Å². The van der Waals surface area contributed by atoms with Gasteiger partial charge in [0.15, 0.2) is 6.61 Å². The normalized spacial score (nSPS) is 12.5. The monoisotopic (exact) mass is 362 g/mol. The molecule has 1 aromatic rings. The minimum absolute atomic E-state index is 0.140. The standard InChI is InChI=1S/C20H30N2O4/c1-7-9-17(20(24)25-8-2)16(6)21-22-18(23)12-26-19-14(4)10-13(3)11-15(19)5/h10-11,17H,7-9,12H2,1-6H3,(H,22,23)/b21-16+/t17-/m0/s1. The third kappa shape index (κ3) is 6.50. The fraction of sp³-hybridized carbons (Fsp3) is 0.550. The average molecular weight is 362 g/mol. The number of aryl methyl sites for hydroxylation is 3. The van der Waals surface area contributed by atoms with Crippen LogP contribution in [0.15, 0.2) is 17.2 Å². The van der Waals surface area contributed by atoms with Crippen molar-refractivity contribution in [1.29, 1.82) is 0 Å². The molecule has 0 spiro atoms. The quantitative estimate of drug-likeness (QED) is 0.415. The molecule has 0 aliphatic heterocycles. The van der Waals surface area contributed by atoms with Crippen LogP contribution in [0, 0.1) is 26.7 Å². The van der Waals surface area contributed by atoms with E-state index in [2.05, 4.69) is 10.5 Å². The zero-order valence-electron chi connectivity index (χ0n) is 16.6. The lowest BCUT2D eigenvalue weighted by molar-refractivity contribution is -0.145. The smallest absolute Gasteiger partial charge is 0.314 e. The maximum Gasteiger partial charge on any atom is 0.314 e. The molecule has 0 aliphatic carbocycles. The zero-order chi connectivity index (χ0) is 19.7. The highest BCUT2D eigenvalue weighted by molar-refractivity contribution is 6.01. The summed E-state index contributed by atoms with van der Waals surface area (Å²) in [5.74, 6) is -0.417. The van der Waals surface area contributed by atoms with Crippen LogP contribution in [0.25, 0.3) is 0 Å². The van der Waals surface area contributed by atoms with Crippen LogP contribution in [-0.4, -0.2) is 30.8 Å². The van der Waals surface area contributed by atoms with Crippen LogP contribution >= 0.6 is 0 Å². The summed E-state index contributed by atoms with van der Waals surface area (Å²) in [5.41, 5.74) is 6.11. The summed E-state index contributed by atoms with van der Waals surface area (Å²) in [4.78, 5) is 24.0. The summed E-state index contributed by atoms with van der Waals surface area (Å²) in [6.45, 7) is 11.6. The predicted molar refractivity (Wildman–Crippen MR) is 102 cm³/mol. The number of hydrogen-bond acceptors (Lipinski definition) is 5. The van der Waals surface area contributed by atoms with Gasteiger partial charge in [-0.3, -0.25) is 9.59 Å². The van der Waals surface area contributed by atoms with Crippen molar-refractivity contribution < 1.29 is 19.1 Å². The number of rotatable bonds is 9. The van der Waals surface area contributed by atoms with Crippen LogP contribution in [0.1, 0.15) is 50.3 Å². The lowest BCUT2D eigenvalue weighted by Gasteiger charge is -2.15. The van der Waals surface area contributed by atoms with Crippen molar-refractivity contribution in [2.45, 2.75) is 54.4 Å². The van der Waals surface area contributed by atoms with Crippen molar-refractivity contribution in [3.63, 3.8) is 0 Å². The summed E-state index contributed by atoms with van der Waals surface area (Å²) in [6.07, 6.45) is 1.45. The number of amides is 1. The Hall–Kier alpha value is -2.37. The fourth-order valence-corrected chi connectivity index (χ4v) is 2.82. The molecule has 0 fully saturated rings. The van der Waals surface area contributed by atoms with Gasteiger partial charge >= 0.3 is 5.97 Å². The van der Waals surface area contributed by atoms with E-state index in [1.165, 1.54) is 0 Å². The minimum atomic E-state index is -0.442. The largest absolute Gasteiger partial charge is 0.483 e. The minimum Gasteiger partial charge on any atom is -0.483 e. The third-order valence-electron chi connectivity index (χ3n) is 3.96. The molecule has 1 atom stereocenters. The first-order valence-electron chi connectivity index (χ1n) is 9.00. The Balaban J connectivity index is 2.66. The molecule has 0 unspecified atom stereocenters. The zero-order valence-corrected chi connectivity index (χ0v) is 16.6. The Bertz CT molecular complexity index is 645. The molecule has 0 saturated carbocycles. The van der Waals surface area contributed by atoms with Gasteiger partial charge in [-0.1, -0.05) is 31.0 Å². The van der Waals surface area contributed by atoms with E-state index in [9.17, 15) is 9.59 Å². The molecule has 1 aromatic carbocycles. The van der Waals surface area contributed by atoms with Crippen molar-refractivity contribution >= 4 is 17.6 Å². The number of esters is 1. The first-order chi connectivity index (χ1) is 12.3. The topological polar surface area (TPSA) is 77.0 Å². The average Bonchev–Trinajstić information content (AvgIpc) is 2.56. The first-order valence-corrected chi connectivity index (χ1v) is 9.00. The fourth-order valence-electron chi connectivity index (χ4n) is 2.82. The first kappa shape index (κ1) is 21.7. The van der Waals surface area contributed by atoms with Crippen LogP contribution in [0.4, 0.5) is 0 Å². The van der Waals surface area contributed by atoms with E-state index in [-0.39, 0.29) is 18.5 Å². The molecule has 6 heteroatoms. The highest BCUT2D eigenvalue weighted by Crippen LogP contribution is 2.24. The molecule has 0 aliphatic rings. The number of nitrogens with one attached hydrogen (secondary N) is 1. The maximum absolute atomic E-state index is 12.0. The Morgan fingerprint density at radius 2 is 1.77 bits per heavy atom. The summed E-state index contributed by atoms with van der Waals surface area (Å²) in [6, 6.07) is 4.02. The SMILES string of the molecule is CCC[C@H](C(=O)OCC)/C(C)=N/NC(=O)COc1c(C)cc(C)cc1C. The number of carbonyl (C=O) groups excluding carboxylic acids is 2. The molecule has 144 valence electrons. The Morgan fingerprint density at radius 3 is 2.31 bits per heavy atom. The number of hydrogen-bond donors (Lipinski definition) is 1. The van der Waals surface area contributed by atoms with E-state index in [0.29, 0.717) is 24.5 Å². The molecule has 0 saturated heterocycles. The molecule has 1 N–H and O–H groups in total. The Morgan fingerprint density at radius 1 is 1.15 bits per heavy atom. The highest BCUT2D eigenvalue weighted by Gasteiger charge is 2.22. The van der Waals surface area contributed by atoms with Gasteiger partial charge in [-0.25, -0.2) is 5.43 Å². The molecule has 0 aromatic heterocycles. The number of ether oxygens (including phenoxy) is 2. The second-order valence-corrected chi connectivity index (χ2v) is 6.40. The van der Waals surface area contributed by atoms with E-state index in [1.54, 1.807) is 13.8 Å². The Labute approximate surface area is 156 Å². The van der Waals surface area contributed by atoms with Gasteiger partial charge in [-0.05, 0) is 52.2 Å². The maximum atomic E-state index is 12.0. The van der Waals surface area contributed by atoms with Crippen LogP contribution in [-0.2, 0) is 14.3 Å². The predicted octanol–water partition coefficient (Wildman–Crippen LogP) is 3.46. The van der Waals surface area contributed by atoms with E-state index in [4.69, 9.17) is 9.47 Å². The molecule has 1 amide bonds. The summed E-state index contributed by atoms with van der Waals surface area (Å²) in [7, 11) is 0. The molecule has 0 heterocycles. The molecular formula is C20H30N2O4. The van der Waals surface area contributed by atoms with Crippen LogP contribution in [0.2, 0.25) is 0 Å². The van der Waals surface area contributed by atoms with Gasteiger partial charge in [0.05, 0.1) is 12.5 Å². The van der Waals surface area contributed by atoms with E-state index in [0.717, 1.165) is 23.1 Å². The van der Waals surface area contributed by atoms with Crippen molar-refractivity contribution in [3.8, 4) is 5.75 Å².